The Kier molecular flexibility index (Phi) is 5.16. The number of hydrogen-bond acceptors (Lipinski definition) is 6. The van der Waals surface area contributed by atoms with Gasteiger partial charge in [-0.05, 0) is 23.6 Å². The standard InChI is InChI=1S/C16H15N3O5S2/c20-13(17-7-8-18-26(23,24)14-6-3-9-25-14)10-19-15(21)11-4-1-2-5-12(11)16(19)22/h1-6,9,18H,7-8,10H2,(H,17,20). The zero-order valence-corrected chi connectivity index (χ0v) is 15.1. The number of imide groups is 1. The van der Waals surface area contributed by atoms with E-state index in [4.69, 9.17) is 0 Å². The van der Waals surface area contributed by atoms with Gasteiger partial charge in [-0.3, -0.25) is 19.3 Å². The van der Waals surface area contributed by atoms with Crippen molar-refractivity contribution in [1.29, 1.82) is 0 Å². The van der Waals surface area contributed by atoms with Crippen LogP contribution >= 0.6 is 11.3 Å². The number of amides is 3. The first-order valence-electron chi connectivity index (χ1n) is 7.65. The summed E-state index contributed by atoms with van der Waals surface area (Å²) in [7, 11) is -3.59. The molecule has 0 aliphatic carbocycles. The maximum Gasteiger partial charge on any atom is 0.262 e. The van der Waals surface area contributed by atoms with E-state index >= 15 is 0 Å². The third kappa shape index (κ3) is 3.66. The Morgan fingerprint density at radius 2 is 1.65 bits per heavy atom. The van der Waals surface area contributed by atoms with Crippen molar-refractivity contribution in [3.05, 3.63) is 52.9 Å². The number of carbonyl (C=O) groups excluding carboxylic acids is 3. The van der Waals surface area contributed by atoms with Crippen molar-refractivity contribution >= 4 is 39.1 Å². The molecule has 1 aliphatic rings. The van der Waals surface area contributed by atoms with Gasteiger partial charge in [-0.1, -0.05) is 18.2 Å². The van der Waals surface area contributed by atoms with Gasteiger partial charge in [0.05, 0.1) is 11.1 Å². The number of carbonyl (C=O) groups is 3. The van der Waals surface area contributed by atoms with Crippen molar-refractivity contribution in [2.75, 3.05) is 19.6 Å². The molecule has 0 radical (unpaired) electrons. The zero-order chi connectivity index (χ0) is 18.7. The van der Waals surface area contributed by atoms with Crippen LogP contribution in [0.25, 0.3) is 0 Å². The molecule has 0 unspecified atom stereocenters. The summed E-state index contributed by atoms with van der Waals surface area (Å²) < 4.78 is 26.4. The van der Waals surface area contributed by atoms with Crippen LogP contribution < -0.4 is 10.0 Å². The van der Waals surface area contributed by atoms with Crippen LogP contribution in [0.4, 0.5) is 0 Å². The van der Waals surface area contributed by atoms with Gasteiger partial charge in [0.2, 0.25) is 15.9 Å². The van der Waals surface area contributed by atoms with Crippen LogP contribution in [0, 0.1) is 0 Å². The number of nitrogens with zero attached hydrogens (tertiary/aromatic N) is 1. The quantitative estimate of drug-likeness (QED) is 0.524. The third-order valence-corrected chi connectivity index (χ3v) is 6.54. The smallest absolute Gasteiger partial charge is 0.262 e. The van der Waals surface area contributed by atoms with Gasteiger partial charge < -0.3 is 5.32 Å². The molecule has 2 heterocycles. The van der Waals surface area contributed by atoms with E-state index in [9.17, 15) is 22.8 Å². The number of sulfonamides is 1. The molecule has 0 saturated heterocycles. The fourth-order valence-electron chi connectivity index (χ4n) is 2.46. The lowest BCUT2D eigenvalue weighted by Crippen LogP contribution is -2.42. The van der Waals surface area contributed by atoms with Gasteiger partial charge in [-0.2, -0.15) is 0 Å². The molecule has 2 N–H and O–H groups in total. The molecule has 3 rings (SSSR count). The minimum atomic E-state index is -3.59. The van der Waals surface area contributed by atoms with E-state index in [-0.39, 0.29) is 28.4 Å². The van der Waals surface area contributed by atoms with Crippen LogP contribution in [0.2, 0.25) is 0 Å². The average Bonchev–Trinajstić information content (AvgIpc) is 3.24. The lowest BCUT2D eigenvalue weighted by Gasteiger charge is -2.13. The van der Waals surface area contributed by atoms with E-state index in [1.165, 1.54) is 18.2 Å². The maximum atomic E-state index is 12.2. The van der Waals surface area contributed by atoms with Crippen molar-refractivity contribution in [3.63, 3.8) is 0 Å². The molecule has 136 valence electrons. The number of nitrogens with one attached hydrogen (secondary N) is 2. The Hall–Kier alpha value is -2.56. The van der Waals surface area contributed by atoms with Crippen LogP contribution in [0.15, 0.2) is 46.0 Å². The minimum Gasteiger partial charge on any atom is -0.353 e. The zero-order valence-electron chi connectivity index (χ0n) is 13.5. The lowest BCUT2D eigenvalue weighted by molar-refractivity contribution is -0.121. The van der Waals surface area contributed by atoms with Crippen LogP contribution in [-0.2, 0) is 14.8 Å². The highest BCUT2D eigenvalue weighted by Crippen LogP contribution is 2.21. The van der Waals surface area contributed by atoms with Crippen LogP contribution in [0.1, 0.15) is 20.7 Å². The van der Waals surface area contributed by atoms with Crippen LogP contribution in [-0.4, -0.2) is 50.7 Å². The molecule has 8 nitrogen and oxygen atoms in total. The third-order valence-electron chi connectivity index (χ3n) is 3.68. The van der Waals surface area contributed by atoms with Crippen LogP contribution in [0.5, 0.6) is 0 Å². The highest BCUT2D eigenvalue weighted by molar-refractivity contribution is 7.91. The second kappa shape index (κ2) is 7.36. The highest BCUT2D eigenvalue weighted by Gasteiger charge is 2.36. The summed E-state index contributed by atoms with van der Waals surface area (Å²) in [6.07, 6.45) is 0. The summed E-state index contributed by atoms with van der Waals surface area (Å²) in [5, 5.41) is 4.14. The van der Waals surface area contributed by atoms with Crippen molar-refractivity contribution in [3.8, 4) is 0 Å². The summed E-state index contributed by atoms with van der Waals surface area (Å²) in [6.45, 7) is -0.384. The number of benzene rings is 1. The van der Waals surface area contributed by atoms with E-state index in [1.807, 2.05) is 0 Å². The van der Waals surface area contributed by atoms with Gasteiger partial charge in [0.1, 0.15) is 10.8 Å². The predicted molar refractivity (Wildman–Crippen MR) is 94.3 cm³/mol. The van der Waals surface area contributed by atoms with Gasteiger partial charge in [0.15, 0.2) is 0 Å². The molecule has 1 aromatic carbocycles. The summed E-state index contributed by atoms with van der Waals surface area (Å²) in [4.78, 5) is 37.2. The van der Waals surface area contributed by atoms with Gasteiger partial charge >= 0.3 is 0 Å². The van der Waals surface area contributed by atoms with E-state index < -0.39 is 34.3 Å². The highest BCUT2D eigenvalue weighted by atomic mass is 32.2. The molecule has 1 aromatic heterocycles. The molecule has 0 saturated carbocycles. The number of rotatable bonds is 7. The molecule has 10 heteroatoms. The molecule has 0 bridgehead atoms. The number of hydrogen-bond donors (Lipinski definition) is 2. The first-order chi connectivity index (χ1) is 12.4. The van der Waals surface area contributed by atoms with Crippen molar-refractivity contribution in [2.24, 2.45) is 0 Å². The van der Waals surface area contributed by atoms with Crippen molar-refractivity contribution < 1.29 is 22.8 Å². The van der Waals surface area contributed by atoms with Gasteiger partial charge in [0.25, 0.3) is 11.8 Å². The average molecular weight is 393 g/mol. The first kappa shape index (κ1) is 18.2. The number of thiophene rings is 1. The summed E-state index contributed by atoms with van der Waals surface area (Å²) in [6, 6.07) is 9.47. The Morgan fingerprint density at radius 3 is 2.23 bits per heavy atom. The van der Waals surface area contributed by atoms with E-state index in [2.05, 4.69) is 10.0 Å². The first-order valence-corrected chi connectivity index (χ1v) is 10.0. The van der Waals surface area contributed by atoms with Crippen molar-refractivity contribution in [1.82, 2.24) is 14.9 Å². The maximum absolute atomic E-state index is 12.2. The second-order valence-corrected chi connectivity index (χ2v) is 8.36. The predicted octanol–water partition coefficient (Wildman–Crippen LogP) is 0.439. The molecular weight excluding hydrogens is 378 g/mol. The van der Waals surface area contributed by atoms with Gasteiger partial charge in [-0.25, -0.2) is 13.1 Å². The fourth-order valence-corrected chi connectivity index (χ4v) is 4.53. The minimum absolute atomic E-state index is 0.00586. The fraction of sp³-hybridized carbons (Fsp3) is 0.188. The Morgan fingerprint density at radius 1 is 1.00 bits per heavy atom. The summed E-state index contributed by atoms with van der Waals surface area (Å²) in [5.74, 6) is -1.58. The van der Waals surface area contributed by atoms with E-state index in [0.717, 1.165) is 16.2 Å². The Balaban J connectivity index is 1.48. The topological polar surface area (TPSA) is 113 Å². The van der Waals surface area contributed by atoms with Crippen molar-refractivity contribution in [2.45, 2.75) is 4.21 Å². The monoisotopic (exact) mass is 393 g/mol. The lowest BCUT2D eigenvalue weighted by atomic mass is 10.1. The molecule has 1 aliphatic heterocycles. The summed E-state index contributed by atoms with van der Waals surface area (Å²) >= 11 is 1.09. The summed E-state index contributed by atoms with van der Waals surface area (Å²) in [5.41, 5.74) is 0.544. The molecule has 0 atom stereocenters. The number of fused-ring (bicyclic) bond motifs is 1. The molecule has 0 spiro atoms. The molecule has 3 amide bonds. The molecule has 0 fully saturated rings. The molecule has 26 heavy (non-hydrogen) atoms. The molecule has 2 aromatic rings. The van der Waals surface area contributed by atoms with E-state index in [0.29, 0.717) is 0 Å². The Bertz CT molecular complexity index is 919. The van der Waals surface area contributed by atoms with Crippen LogP contribution in [0.3, 0.4) is 0 Å². The van der Waals surface area contributed by atoms with Gasteiger partial charge in [-0.15, -0.1) is 11.3 Å². The Labute approximate surface area is 153 Å². The normalized spacial score (nSPS) is 13.8. The van der Waals surface area contributed by atoms with Gasteiger partial charge in [0, 0.05) is 13.1 Å². The molecular formula is C16H15N3O5S2. The SMILES string of the molecule is O=C(CN1C(=O)c2ccccc2C1=O)NCCNS(=O)(=O)c1cccs1. The largest absolute Gasteiger partial charge is 0.353 e. The van der Waals surface area contributed by atoms with E-state index in [1.54, 1.807) is 23.6 Å². The second-order valence-electron chi connectivity index (χ2n) is 5.42.